The molecule has 0 aromatic carbocycles. The number of hydrogen-bond donors (Lipinski definition) is 0. The third-order valence-corrected chi connectivity index (χ3v) is 3.59. The molecule has 19 heavy (non-hydrogen) atoms. The number of carbonyl (C=O) groups excluding carboxylic acids is 1. The highest BCUT2D eigenvalue weighted by Crippen LogP contribution is 2.18. The van der Waals surface area contributed by atoms with Crippen molar-refractivity contribution in [3.63, 3.8) is 0 Å². The lowest BCUT2D eigenvalue weighted by atomic mass is 10.0. The number of allylic oxidation sites excluding steroid dienone is 1. The lowest BCUT2D eigenvalue weighted by Gasteiger charge is -2.29. The Morgan fingerprint density at radius 2 is 1.79 bits per heavy atom. The molecule has 0 aromatic rings. The maximum absolute atomic E-state index is 12.1. The van der Waals surface area contributed by atoms with E-state index in [1.165, 1.54) is 31.3 Å². The van der Waals surface area contributed by atoms with Crippen LogP contribution in [0.1, 0.15) is 66.2 Å². The Morgan fingerprint density at radius 3 is 2.42 bits per heavy atom. The second-order valence-electron chi connectivity index (χ2n) is 5.96. The maximum atomic E-state index is 12.1. The van der Waals surface area contributed by atoms with E-state index in [4.69, 9.17) is 4.74 Å². The van der Waals surface area contributed by atoms with E-state index in [9.17, 15) is 4.79 Å². The van der Waals surface area contributed by atoms with Crippen LogP contribution in [0, 0.1) is 0 Å². The molecular weight excluding hydrogens is 238 g/mol. The predicted molar refractivity (Wildman–Crippen MR) is 79.2 cm³/mol. The topological polar surface area (TPSA) is 29.5 Å². The van der Waals surface area contributed by atoms with E-state index < -0.39 is 0 Å². The smallest absolute Gasteiger partial charge is 0.410 e. The van der Waals surface area contributed by atoms with Gasteiger partial charge in [-0.1, -0.05) is 18.9 Å². The Morgan fingerprint density at radius 1 is 1.16 bits per heavy atom. The molecule has 1 aliphatic rings. The summed E-state index contributed by atoms with van der Waals surface area (Å²) in [5, 5.41) is 0. The van der Waals surface area contributed by atoms with Crippen LogP contribution in [0.2, 0.25) is 0 Å². The van der Waals surface area contributed by atoms with E-state index in [0.29, 0.717) is 6.61 Å². The molecule has 0 bridgehead atoms. The fourth-order valence-electron chi connectivity index (χ4n) is 2.64. The van der Waals surface area contributed by atoms with E-state index in [0.717, 1.165) is 12.8 Å². The Balaban J connectivity index is 2.47. The van der Waals surface area contributed by atoms with Gasteiger partial charge >= 0.3 is 6.09 Å². The molecule has 110 valence electrons. The first-order chi connectivity index (χ1) is 9.02. The molecule has 0 fully saturated rings. The van der Waals surface area contributed by atoms with Crippen LogP contribution < -0.4 is 0 Å². The normalized spacial score (nSPS) is 19.6. The highest BCUT2D eigenvalue weighted by molar-refractivity contribution is 5.68. The molecule has 0 spiro atoms. The van der Waals surface area contributed by atoms with Crippen molar-refractivity contribution in [1.29, 1.82) is 0 Å². The fourth-order valence-corrected chi connectivity index (χ4v) is 2.64. The number of nitrogens with zero attached hydrogens (tertiary/aromatic N) is 1. The van der Waals surface area contributed by atoms with Gasteiger partial charge in [-0.15, -0.1) is 0 Å². The van der Waals surface area contributed by atoms with Gasteiger partial charge in [-0.05, 0) is 59.0 Å². The van der Waals surface area contributed by atoms with Crippen LogP contribution in [0.4, 0.5) is 4.79 Å². The number of amides is 1. The molecule has 3 heteroatoms. The van der Waals surface area contributed by atoms with Crippen LogP contribution >= 0.6 is 0 Å². The maximum Gasteiger partial charge on any atom is 0.410 e. The Hall–Kier alpha value is -0.990. The molecule has 0 atom stereocenters. The standard InChI is InChI=1S/C16H29NO2/c1-13(2)17(14(3)4)16(18)19-12-15-10-8-6-5-7-9-11-15/h10,13-14H,5-9,11-12H2,1-4H3/b15-10+. The lowest BCUT2D eigenvalue weighted by Crippen LogP contribution is -2.42. The summed E-state index contributed by atoms with van der Waals surface area (Å²) in [5.74, 6) is 0. The van der Waals surface area contributed by atoms with Gasteiger partial charge in [-0.2, -0.15) is 0 Å². The highest BCUT2D eigenvalue weighted by Gasteiger charge is 2.21. The van der Waals surface area contributed by atoms with Crippen molar-refractivity contribution in [2.75, 3.05) is 6.61 Å². The monoisotopic (exact) mass is 267 g/mol. The average Bonchev–Trinajstić information content (AvgIpc) is 2.26. The van der Waals surface area contributed by atoms with E-state index in [2.05, 4.69) is 6.08 Å². The van der Waals surface area contributed by atoms with Gasteiger partial charge in [0.25, 0.3) is 0 Å². The third kappa shape index (κ3) is 5.66. The van der Waals surface area contributed by atoms with Crippen molar-refractivity contribution in [3.8, 4) is 0 Å². The van der Waals surface area contributed by atoms with Crippen LogP contribution in [-0.2, 0) is 4.74 Å². The molecule has 0 saturated carbocycles. The average molecular weight is 267 g/mol. The zero-order valence-electron chi connectivity index (χ0n) is 12.9. The Bertz CT molecular complexity index is 300. The summed E-state index contributed by atoms with van der Waals surface area (Å²) < 4.78 is 5.48. The van der Waals surface area contributed by atoms with Crippen molar-refractivity contribution < 1.29 is 9.53 Å². The Labute approximate surface area is 118 Å². The number of rotatable bonds is 4. The molecule has 0 saturated heterocycles. The Kier molecular flexibility index (Phi) is 6.96. The zero-order valence-corrected chi connectivity index (χ0v) is 12.9. The van der Waals surface area contributed by atoms with Gasteiger partial charge in [0.1, 0.15) is 6.61 Å². The van der Waals surface area contributed by atoms with Crippen LogP contribution in [-0.4, -0.2) is 29.7 Å². The second-order valence-corrected chi connectivity index (χ2v) is 5.96. The van der Waals surface area contributed by atoms with Gasteiger partial charge in [0.05, 0.1) is 0 Å². The lowest BCUT2D eigenvalue weighted by molar-refractivity contribution is 0.0851. The van der Waals surface area contributed by atoms with Gasteiger partial charge in [-0.25, -0.2) is 4.79 Å². The summed E-state index contributed by atoms with van der Waals surface area (Å²) in [6.07, 6.45) is 9.41. The molecule has 3 nitrogen and oxygen atoms in total. The van der Waals surface area contributed by atoms with Gasteiger partial charge in [-0.3, -0.25) is 0 Å². The first-order valence-corrected chi connectivity index (χ1v) is 7.65. The second kappa shape index (κ2) is 8.23. The van der Waals surface area contributed by atoms with E-state index in [1.54, 1.807) is 4.90 Å². The molecule has 0 aromatic heterocycles. The van der Waals surface area contributed by atoms with Gasteiger partial charge in [0, 0.05) is 12.1 Å². The van der Waals surface area contributed by atoms with Crippen molar-refractivity contribution in [3.05, 3.63) is 11.6 Å². The summed E-state index contributed by atoms with van der Waals surface area (Å²) in [4.78, 5) is 13.9. The van der Waals surface area contributed by atoms with Crippen LogP contribution in [0.3, 0.4) is 0 Å². The van der Waals surface area contributed by atoms with Crippen molar-refractivity contribution in [1.82, 2.24) is 4.90 Å². The van der Waals surface area contributed by atoms with Crippen molar-refractivity contribution in [2.24, 2.45) is 0 Å². The first-order valence-electron chi connectivity index (χ1n) is 7.65. The minimum Gasteiger partial charge on any atom is -0.445 e. The van der Waals surface area contributed by atoms with E-state index >= 15 is 0 Å². The predicted octanol–water partition coefficient (Wildman–Crippen LogP) is 4.52. The number of hydrogen-bond acceptors (Lipinski definition) is 2. The molecular formula is C16H29NO2. The molecule has 0 radical (unpaired) electrons. The highest BCUT2D eigenvalue weighted by atomic mass is 16.6. The number of ether oxygens (including phenoxy) is 1. The van der Waals surface area contributed by atoms with Crippen LogP contribution in [0.5, 0.6) is 0 Å². The van der Waals surface area contributed by atoms with Gasteiger partial charge in [0.15, 0.2) is 0 Å². The van der Waals surface area contributed by atoms with Crippen molar-refractivity contribution in [2.45, 2.75) is 78.3 Å². The van der Waals surface area contributed by atoms with E-state index in [-0.39, 0.29) is 18.2 Å². The van der Waals surface area contributed by atoms with E-state index in [1.807, 2.05) is 27.7 Å². The quantitative estimate of drug-likeness (QED) is 0.701. The summed E-state index contributed by atoms with van der Waals surface area (Å²) >= 11 is 0. The largest absolute Gasteiger partial charge is 0.445 e. The summed E-state index contributed by atoms with van der Waals surface area (Å²) in [6.45, 7) is 8.56. The van der Waals surface area contributed by atoms with Crippen LogP contribution in [0.25, 0.3) is 0 Å². The minimum absolute atomic E-state index is 0.179. The number of carbonyl (C=O) groups is 1. The van der Waals surface area contributed by atoms with Crippen molar-refractivity contribution >= 4 is 6.09 Å². The molecule has 0 unspecified atom stereocenters. The van der Waals surface area contributed by atoms with Crippen LogP contribution in [0.15, 0.2) is 11.6 Å². The fraction of sp³-hybridized carbons (Fsp3) is 0.812. The first kappa shape index (κ1) is 16.1. The third-order valence-electron chi connectivity index (χ3n) is 3.59. The minimum atomic E-state index is -0.187. The molecule has 1 aliphatic carbocycles. The molecule has 1 amide bonds. The van der Waals surface area contributed by atoms with Gasteiger partial charge < -0.3 is 9.64 Å². The molecule has 0 N–H and O–H groups in total. The summed E-state index contributed by atoms with van der Waals surface area (Å²) in [5.41, 5.74) is 1.29. The SMILES string of the molecule is CC(C)N(C(=O)OC/C1=C/CCCCCC1)C(C)C. The summed E-state index contributed by atoms with van der Waals surface area (Å²) in [6, 6.07) is 0.359. The molecule has 0 heterocycles. The van der Waals surface area contributed by atoms with Gasteiger partial charge in [0.2, 0.25) is 0 Å². The zero-order chi connectivity index (χ0) is 14.3. The molecule has 0 aliphatic heterocycles. The summed E-state index contributed by atoms with van der Waals surface area (Å²) in [7, 11) is 0. The molecule has 1 rings (SSSR count).